The molecule has 0 aromatic heterocycles. The summed E-state index contributed by atoms with van der Waals surface area (Å²) in [5.74, 6) is 0. The van der Waals surface area contributed by atoms with E-state index in [9.17, 15) is 5.11 Å². The standard InChI is InChI=1S/C22H34O4/c1-3-4-5-6-7-8-12-15-19-21(23)22(24-2)20(17-26-19)25-16-18-13-10-9-11-14-18/h9-15,19-23H,3-8,16-17H2,1-2H3/b15-12+/t19-,20+,21-,22+/m0/s1. The minimum atomic E-state index is -0.717. The SMILES string of the molecule is CCCCCCC/C=C/[C@@H]1OC[C@@H](OCc2ccccc2)[C@@H](OC)[C@H]1O. The van der Waals surface area contributed by atoms with Gasteiger partial charge in [-0.1, -0.05) is 75.1 Å². The van der Waals surface area contributed by atoms with Crippen LogP contribution in [-0.2, 0) is 20.8 Å². The Bertz CT molecular complexity index is 502. The van der Waals surface area contributed by atoms with E-state index in [2.05, 4.69) is 13.0 Å². The molecule has 2 rings (SSSR count). The molecule has 4 atom stereocenters. The number of aliphatic hydroxyl groups excluding tert-OH is 1. The molecule has 1 aliphatic heterocycles. The topological polar surface area (TPSA) is 47.9 Å². The van der Waals surface area contributed by atoms with E-state index in [1.54, 1.807) is 7.11 Å². The summed E-state index contributed by atoms with van der Waals surface area (Å²) >= 11 is 0. The van der Waals surface area contributed by atoms with Gasteiger partial charge in [0.1, 0.15) is 24.4 Å². The molecule has 1 N–H and O–H groups in total. The number of unbranched alkanes of at least 4 members (excludes halogenated alkanes) is 5. The summed E-state index contributed by atoms with van der Waals surface area (Å²) in [5.41, 5.74) is 1.10. The van der Waals surface area contributed by atoms with Crippen LogP contribution in [0.4, 0.5) is 0 Å². The van der Waals surface area contributed by atoms with Crippen LogP contribution in [0.5, 0.6) is 0 Å². The minimum Gasteiger partial charge on any atom is -0.387 e. The van der Waals surface area contributed by atoms with Crippen molar-refractivity contribution in [3.8, 4) is 0 Å². The van der Waals surface area contributed by atoms with Gasteiger partial charge in [-0.25, -0.2) is 0 Å². The number of rotatable bonds is 11. The predicted molar refractivity (Wildman–Crippen MR) is 104 cm³/mol. The van der Waals surface area contributed by atoms with Crippen LogP contribution in [0.25, 0.3) is 0 Å². The van der Waals surface area contributed by atoms with E-state index in [1.807, 2.05) is 36.4 Å². The summed E-state index contributed by atoms with van der Waals surface area (Å²) in [6.45, 7) is 3.14. The van der Waals surface area contributed by atoms with Gasteiger partial charge < -0.3 is 19.3 Å². The van der Waals surface area contributed by atoms with Crippen molar-refractivity contribution in [2.75, 3.05) is 13.7 Å². The van der Waals surface area contributed by atoms with Gasteiger partial charge in [0.15, 0.2) is 0 Å². The zero-order chi connectivity index (χ0) is 18.6. The van der Waals surface area contributed by atoms with E-state index < -0.39 is 6.10 Å². The maximum Gasteiger partial charge on any atom is 0.114 e. The molecule has 1 heterocycles. The first-order valence-electron chi connectivity index (χ1n) is 9.91. The highest BCUT2D eigenvalue weighted by Crippen LogP contribution is 2.22. The van der Waals surface area contributed by atoms with Crippen molar-refractivity contribution < 1.29 is 19.3 Å². The maximum atomic E-state index is 10.6. The highest BCUT2D eigenvalue weighted by molar-refractivity contribution is 5.13. The molecular formula is C22H34O4. The highest BCUT2D eigenvalue weighted by Gasteiger charge is 2.39. The van der Waals surface area contributed by atoms with E-state index in [1.165, 1.54) is 32.1 Å². The second-order valence-electron chi connectivity index (χ2n) is 6.95. The Morgan fingerprint density at radius 2 is 1.92 bits per heavy atom. The third-order valence-electron chi connectivity index (χ3n) is 4.87. The molecular weight excluding hydrogens is 328 g/mol. The highest BCUT2D eigenvalue weighted by atomic mass is 16.6. The van der Waals surface area contributed by atoms with Crippen LogP contribution in [0, 0.1) is 0 Å². The molecule has 146 valence electrons. The molecule has 4 nitrogen and oxygen atoms in total. The molecule has 0 aliphatic carbocycles. The van der Waals surface area contributed by atoms with Gasteiger partial charge in [-0.15, -0.1) is 0 Å². The molecule has 0 saturated carbocycles. The van der Waals surface area contributed by atoms with Gasteiger partial charge in [0, 0.05) is 7.11 Å². The fourth-order valence-corrected chi connectivity index (χ4v) is 3.28. The quantitative estimate of drug-likeness (QED) is 0.472. The average molecular weight is 363 g/mol. The first-order valence-corrected chi connectivity index (χ1v) is 9.91. The molecule has 1 saturated heterocycles. The molecule has 4 heteroatoms. The molecule has 0 radical (unpaired) electrons. The van der Waals surface area contributed by atoms with Crippen molar-refractivity contribution in [1.82, 2.24) is 0 Å². The van der Waals surface area contributed by atoms with Crippen molar-refractivity contribution in [1.29, 1.82) is 0 Å². The number of ether oxygens (including phenoxy) is 3. The Hall–Kier alpha value is -1.20. The number of hydrogen-bond donors (Lipinski definition) is 1. The number of allylic oxidation sites excluding steroid dienone is 1. The van der Waals surface area contributed by atoms with Crippen LogP contribution in [0.3, 0.4) is 0 Å². The van der Waals surface area contributed by atoms with Gasteiger partial charge in [0.05, 0.1) is 13.2 Å². The summed E-state index contributed by atoms with van der Waals surface area (Å²) in [7, 11) is 1.62. The van der Waals surface area contributed by atoms with Crippen molar-refractivity contribution in [3.05, 3.63) is 48.0 Å². The molecule has 1 aliphatic rings. The molecule has 1 aromatic carbocycles. The van der Waals surface area contributed by atoms with Crippen LogP contribution in [0.15, 0.2) is 42.5 Å². The van der Waals surface area contributed by atoms with Crippen molar-refractivity contribution in [2.45, 2.75) is 76.5 Å². The van der Waals surface area contributed by atoms with Crippen LogP contribution >= 0.6 is 0 Å². The lowest BCUT2D eigenvalue weighted by atomic mass is 9.98. The van der Waals surface area contributed by atoms with Crippen molar-refractivity contribution in [3.63, 3.8) is 0 Å². The van der Waals surface area contributed by atoms with E-state index in [-0.39, 0.29) is 18.3 Å². The number of hydrogen-bond acceptors (Lipinski definition) is 4. The summed E-state index contributed by atoms with van der Waals surface area (Å²) in [4.78, 5) is 0. The molecule has 1 aromatic rings. The number of aliphatic hydroxyl groups is 1. The fourth-order valence-electron chi connectivity index (χ4n) is 3.28. The van der Waals surface area contributed by atoms with Crippen LogP contribution < -0.4 is 0 Å². The number of benzene rings is 1. The molecule has 0 unspecified atom stereocenters. The minimum absolute atomic E-state index is 0.270. The summed E-state index contributed by atoms with van der Waals surface area (Å²) in [6, 6.07) is 10.0. The van der Waals surface area contributed by atoms with Crippen LogP contribution in [0.2, 0.25) is 0 Å². The second-order valence-corrected chi connectivity index (χ2v) is 6.95. The zero-order valence-corrected chi connectivity index (χ0v) is 16.2. The van der Waals surface area contributed by atoms with E-state index >= 15 is 0 Å². The van der Waals surface area contributed by atoms with Gasteiger partial charge in [0.25, 0.3) is 0 Å². The predicted octanol–water partition coefficient (Wildman–Crippen LogP) is 4.26. The summed E-state index contributed by atoms with van der Waals surface area (Å²) in [6.07, 6.45) is 9.78. The molecule has 26 heavy (non-hydrogen) atoms. The van der Waals surface area contributed by atoms with Crippen LogP contribution in [0.1, 0.15) is 51.0 Å². The number of methoxy groups -OCH3 is 1. The largest absolute Gasteiger partial charge is 0.387 e. The van der Waals surface area contributed by atoms with Gasteiger partial charge in [-0.05, 0) is 18.4 Å². The third kappa shape index (κ3) is 6.84. The zero-order valence-electron chi connectivity index (χ0n) is 16.2. The average Bonchev–Trinajstić information content (AvgIpc) is 2.67. The summed E-state index contributed by atoms with van der Waals surface area (Å²) < 4.78 is 17.3. The lowest BCUT2D eigenvalue weighted by Gasteiger charge is -2.38. The third-order valence-corrected chi connectivity index (χ3v) is 4.87. The lowest BCUT2D eigenvalue weighted by Crippen LogP contribution is -2.54. The molecule has 0 bridgehead atoms. The first kappa shape index (κ1) is 21.1. The van der Waals surface area contributed by atoms with Crippen molar-refractivity contribution >= 4 is 0 Å². The van der Waals surface area contributed by atoms with Crippen LogP contribution in [-0.4, -0.2) is 43.2 Å². The Balaban J connectivity index is 1.76. The van der Waals surface area contributed by atoms with Gasteiger partial charge in [-0.2, -0.15) is 0 Å². The smallest absolute Gasteiger partial charge is 0.114 e. The second kappa shape index (κ2) is 12.2. The van der Waals surface area contributed by atoms with Gasteiger partial charge in [-0.3, -0.25) is 0 Å². The summed E-state index contributed by atoms with van der Waals surface area (Å²) in [5, 5.41) is 10.6. The Kier molecular flexibility index (Phi) is 9.93. The van der Waals surface area contributed by atoms with E-state index in [0.717, 1.165) is 12.0 Å². The molecule has 1 fully saturated rings. The Morgan fingerprint density at radius 1 is 1.15 bits per heavy atom. The maximum absolute atomic E-state index is 10.6. The Labute approximate surface area is 158 Å². The van der Waals surface area contributed by atoms with E-state index in [0.29, 0.717) is 13.2 Å². The fraction of sp³-hybridized carbons (Fsp3) is 0.636. The lowest BCUT2D eigenvalue weighted by molar-refractivity contribution is -0.201. The first-order chi connectivity index (χ1) is 12.8. The monoisotopic (exact) mass is 362 g/mol. The van der Waals surface area contributed by atoms with E-state index in [4.69, 9.17) is 14.2 Å². The Morgan fingerprint density at radius 3 is 2.65 bits per heavy atom. The molecule has 0 amide bonds. The van der Waals surface area contributed by atoms with Gasteiger partial charge >= 0.3 is 0 Å². The molecule has 0 spiro atoms. The normalized spacial score (nSPS) is 26.4. The van der Waals surface area contributed by atoms with Crippen molar-refractivity contribution in [2.24, 2.45) is 0 Å². The van der Waals surface area contributed by atoms with Gasteiger partial charge in [0.2, 0.25) is 0 Å².